The van der Waals surface area contributed by atoms with Crippen molar-refractivity contribution in [2.45, 2.75) is 18.2 Å². The molecule has 1 amide bonds. The highest BCUT2D eigenvalue weighted by molar-refractivity contribution is 7.89. The molecule has 1 aromatic rings. The summed E-state index contributed by atoms with van der Waals surface area (Å²) in [7, 11) is -3.92. The van der Waals surface area contributed by atoms with Gasteiger partial charge in [-0.15, -0.1) is 0 Å². The summed E-state index contributed by atoms with van der Waals surface area (Å²) in [5.41, 5.74) is 0. The van der Waals surface area contributed by atoms with E-state index in [4.69, 9.17) is 11.6 Å². The third-order valence-corrected chi connectivity index (χ3v) is 5.58. The molecule has 0 aliphatic carbocycles. The summed E-state index contributed by atoms with van der Waals surface area (Å²) in [6.07, 6.45) is 0.522. The quantitative estimate of drug-likeness (QED) is 0.827. The van der Waals surface area contributed by atoms with Gasteiger partial charge in [0.2, 0.25) is 15.9 Å². The Labute approximate surface area is 128 Å². The molecule has 21 heavy (non-hydrogen) atoms. The van der Waals surface area contributed by atoms with Crippen LogP contribution >= 0.6 is 11.6 Å². The zero-order chi connectivity index (χ0) is 15.6. The summed E-state index contributed by atoms with van der Waals surface area (Å²) in [5, 5.41) is 0.144. The molecular weight excluding hydrogens is 319 g/mol. The number of hydrogen-bond acceptors (Lipinski definition) is 3. The van der Waals surface area contributed by atoms with Crippen LogP contribution in [0.4, 0.5) is 4.39 Å². The lowest BCUT2D eigenvalue weighted by atomic mass is 10.3. The first-order valence-corrected chi connectivity index (χ1v) is 8.35. The highest BCUT2D eigenvalue weighted by Crippen LogP contribution is 2.23. The second-order valence-electron chi connectivity index (χ2n) is 4.84. The molecule has 0 saturated carbocycles. The molecule has 1 fully saturated rings. The zero-order valence-electron chi connectivity index (χ0n) is 11.6. The lowest BCUT2D eigenvalue weighted by molar-refractivity contribution is -0.128. The molecule has 1 aliphatic heterocycles. The van der Waals surface area contributed by atoms with Crippen molar-refractivity contribution in [3.63, 3.8) is 0 Å². The molecule has 1 aliphatic rings. The average Bonchev–Trinajstić information content (AvgIpc) is 2.64. The minimum absolute atomic E-state index is 0.0908. The normalized spacial score (nSPS) is 17.6. The van der Waals surface area contributed by atoms with E-state index >= 15 is 0 Å². The molecular formula is C13H16ClFN2O3S. The van der Waals surface area contributed by atoms with Crippen molar-refractivity contribution in [1.82, 2.24) is 9.21 Å². The van der Waals surface area contributed by atoms with Crippen molar-refractivity contribution < 1.29 is 17.6 Å². The van der Waals surface area contributed by atoms with E-state index in [1.165, 1.54) is 23.4 Å². The second kappa shape index (κ2) is 6.29. The Morgan fingerprint density at radius 2 is 1.95 bits per heavy atom. The minimum atomic E-state index is -3.92. The molecule has 0 bridgehead atoms. The van der Waals surface area contributed by atoms with Crippen LogP contribution < -0.4 is 0 Å². The van der Waals surface area contributed by atoms with Crippen molar-refractivity contribution in [3.8, 4) is 0 Å². The van der Waals surface area contributed by atoms with E-state index in [9.17, 15) is 17.6 Å². The van der Waals surface area contributed by atoms with Gasteiger partial charge in [0.1, 0.15) is 10.7 Å². The Hall–Kier alpha value is -1.18. The number of carbonyl (C=O) groups excluding carboxylic acids is 1. The van der Waals surface area contributed by atoms with Gasteiger partial charge >= 0.3 is 0 Å². The Balaban J connectivity index is 2.25. The maximum absolute atomic E-state index is 13.9. The predicted molar refractivity (Wildman–Crippen MR) is 77.0 cm³/mol. The van der Waals surface area contributed by atoms with Gasteiger partial charge in [0.15, 0.2) is 0 Å². The largest absolute Gasteiger partial charge is 0.342 e. The molecule has 5 nitrogen and oxygen atoms in total. The predicted octanol–water partition coefficient (Wildman–Crippen LogP) is 1.72. The molecule has 0 radical (unpaired) electrons. The maximum Gasteiger partial charge on any atom is 0.246 e. The number of amides is 1. The fourth-order valence-corrected chi connectivity index (χ4v) is 3.95. The van der Waals surface area contributed by atoms with Gasteiger partial charge in [-0.25, -0.2) is 12.8 Å². The van der Waals surface area contributed by atoms with Gasteiger partial charge in [0, 0.05) is 38.1 Å². The van der Waals surface area contributed by atoms with Gasteiger partial charge in [-0.05, 0) is 24.6 Å². The van der Waals surface area contributed by atoms with E-state index in [2.05, 4.69) is 0 Å². The van der Waals surface area contributed by atoms with Crippen LogP contribution in [0.5, 0.6) is 0 Å². The number of halogens is 2. The molecule has 116 valence electrons. The summed E-state index contributed by atoms with van der Waals surface area (Å²) in [6.45, 7) is 2.68. The Morgan fingerprint density at radius 1 is 1.24 bits per heavy atom. The first-order chi connectivity index (χ1) is 9.82. The number of hydrogen-bond donors (Lipinski definition) is 0. The Morgan fingerprint density at radius 3 is 2.57 bits per heavy atom. The van der Waals surface area contributed by atoms with Crippen LogP contribution in [0.3, 0.4) is 0 Å². The van der Waals surface area contributed by atoms with Crippen molar-refractivity contribution in [1.29, 1.82) is 0 Å². The van der Waals surface area contributed by atoms with Crippen LogP contribution in [0, 0.1) is 5.82 Å². The van der Waals surface area contributed by atoms with Crippen LogP contribution in [0.15, 0.2) is 23.1 Å². The molecule has 8 heteroatoms. The Bertz CT molecular complexity index is 651. The van der Waals surface area contributed by atoms with E-state index in [-0.39, 0.29) is 28.9 Å². The van der Waals surface area contributed by atoms with Crippen molar-refractivity contribution >= 4 is 27.5 Å². The van der Waals surface area contributed by atoms with E-state index in [0.717, 1.165) is 6.07 Å². The maximum atomic E-state index is 13.9. The highest BCUT2D eigenvalue weighted by Gasteiger charge is 2.29. The number of rotatable bonds is 2. The van der Waals surface area contributed by atoms with Crippen molar-refractivity contribution in [2.75, 3.05) is 26.2 Å². The lowest BCUT2D eigenvalue weighted by Gasteiger charge is -2.21. The van der Waals surface area contributed by atoms with E-state index in [1.807, 2.05) is 0 Å². The lowest BCUT2D eigenvalue weighted by Crippen LogP contribution is -2.36. The number of benzene rings is 1. The number of sulfonamides is 1. The first-order valence-electron chi connectivity index (χ1n) is 6.53. The molecule has 0 spiro atoms. The topological polar surface area (TPSA) is 57.7 Å². The number of carbonyl (C=O) groups is 1. The van der Waals surface area contributed by atoms with Gasteiger partial charge < -0.3 is 4.90 Å². The fourth-order valence-electron chi connectivity index (χ4n) is 2.27. The van der Waals surface area contributed by atoms with Gasteiger partial charge in [-0.3, -0.25) is 4.79 Å². The monoisotopic (exact) mass is 334 g/mol. The summed E-state index contributed by atoms with van der Waals surface area (Å²) >= 11 is 5.64. The van der Waals surface area contributed by atoms with Crippen LogP contribution in [0.25, 0.3) is 0 Å². The fraction of sp³-hybridized carbons (Fsp3) is 0.462. The van der Waals surface area contributed by atoms with E-state index < -0.39 is 15.8 Å². The van der Waals surface area contributed by atoms with Crippen LogP contribution in [0.1, 0.15) is 13.3 Å². The highest BCUT2D eigenvalue weighted by atomic mass is 35.5. The molecule has 1 saturated heterocycles. The van der Waals surface area contributed by atoms with Crippen LogP contribution in [-0.4, -0.2) is 49.7 Å². The molecule has 0 unspecified atom stereocenters. The van der Waals surface area contributed by atoms with E-state index in [0.29, 0.717) is 19.5 Å². The SMILES string of the molecule is CC(=O)N1CCCN(S(=O)(=O)c2ccc(Cl)cc2F)CC1. The summed E-state index contributed by atoms with van der Waals surface area (Å²) < 4.78 is 40.0. The molecule has 0 atom stereocenters. The molecule has 1 aromatic carbocycles. The second-order valence-corrected chi connectivity index (χ2v) is 7.18. The van der Waals surface area contributed by atoms with Gasteiger partial charge in [-0.1, -0.05) is 11.6 Å². The average molecular weight is 335 g/mol. The molecule has 0 aromatic heterocycles. The van der Waals surface area contributed by atoms with Crippen molar-refractivity contribution in [2.24, 2.45) is 0 Å². The van der Waals surface area contributed by atoms with Gasteiger partial charge in [0.25, 0.3) is 0 Å². The summed E-state index contributed by atoms with van der Waals surface area (Å²) in [4.78, 5) is 12.6. The zero-order valence-corrected chi connectivity index (χ0v) is 13.1. The first kappa shape index (κ1) is 16.2. The smallest absolute Gasteiger partial charge is 0.246 e. The third-order valence-electron chi connectivity index (χ3n) is 3.41. The summed E-state index contributed by atoms with van der Waals surface area (Å²) in [5.74, 6) is -0.956. The third kappa shape index (κ3) is 3.53. The molecule has 2 rings (SSSR count). The van der Waals surface area contributed by atoms with Gasteiger partial charge in [0.05, 0.1) is 0 Å². The van der Waals surface area contributed by atoms with Crippen LogP contribution in [-0.2, 0) is 14.8 Å². The van der Waals surface area contributed by atoms with E-state index in [1.54, 1.807) is 4.90 Å². The van der Waals surface area contributed by atoms with Crippen molar-refractivity contribution in [3.05, 3.63) is 29.0 Å². The molecule has 0 N–H and O–H groups in total. The van der Waals surface area contributed by atoms with Gasteiger partial charge in [-0.2, -0.15) is 4.31 Å². The van der Waals surface area contributed by atoms with Crippen LogP contribution in [0.2, 0.25) is 5.02 Å². The standard InChI is InChI=1S/C13H16ClFN2O3S/c1-10(18)16-5-2-6-17(8-7-16)21(19,20)13-4-3-11(14)9-12(13)15/h3-4,9H,2,5-8H2,1H3. The summed E-state index contributed by atoms with van der Waals surface area (Å²) in [6, 6.07) is 3.49. The molecule has 1 heterocycles. The minimum Gasteiger partial charge on any atom is -0.342 e. The Kier molecular flexibility index (Phi) is 4.85. The number of nitrogens with zero attached hydrogens (tertiary/aromatic N) is 2.